The summed E-state index contributed by atoms with van der Waals surface area (Å²) < 4.78 is 5.63. The van der Waals surface area contributed by atoms with Crippen LogP contribution in [0.15, 0.2) is 0 Å². The van der Waals surface area contributed by atoms with Gasteiger partial charge in [-0.3, -0.25) is 9.69 Å². The number of likely N-dealkylation sites (tertiary alicyclic amines) is 1. The van der Waals surface area contributed by atoms with Gasteiger partial charge in [0.1, 0.15) is 0 Å². The van der Waals surface area contributed by atoms with Gasteiger partial charge in [0.05, 0.1) is 18.2 Å². The Morgan fingerprint density at radius 3 is 2.29 bits per heavy atom. The lowest BCUT2D eigenvalue weighted by Crippen LogP contribution is -2.59. The van der Waals surface area contributed by atoms with E-state index in [1.807, 2.05) is 4.90 Å². The van der Waals surface area contributed by atoms with Gasteiger partial charge in [0.15, 0.2) is 0 Å². The van der Waals surface area contributed by atoms with E-state index >= 15 is 0 Å². The van der Waals surface area contributed by atoms with E-state index in [2.05, 4.69) is 11.8 Å². The number of carbonyl (C=O) groups is 1. The summed E-state index contributed by atoms with van der Waals surface area (Å²) >= 11 is 0. The van der Waals surface area contributed by atoms with Gasteiger partial charge in [-0.25, -0.2) is 0 Å². The molecule has 142 valence electrons. The SMILES string of the molecule is CC1CN(C2CCN(C(=O)C3(N)CCCCC3)CC2)CCO1.Cl.Cl. The molecule has 1 unspecified atom stereocenters. The summed E-state index contributed by atoms with van der Waals surface area (Å²) in [4.78, 5) is 17.4. The lowest BCUT2D eigenvalue weighted by Gasteiger charge is -2.44. The monoisotopic (exact) mass is 381 g/mol. The Hall–Kier alpha value is -0.0700. The molecule has 0 aromatic rings. The van der Waals surface area contributed by atoms with Gasteiger partial charge in [-0.05, 0) is 32.6 Å². The van der Waals surface area contributed by atoms with Crippen LogP contribution in [-0.2, 0) is 9.53 Å². The van der Waals surface area contributed by atoms with Gasteiger partial charge in [-0.1, -0.05) is 19.3 Å². The van der Waals surface area contributed by atoms with Crippen molar-refractivity contribution in [2.45, 2.75) is 69.6 Å². The predicted octanol–water partition coefficient (Wildman–Crippen LogP) is 2.20. The van der Waals surface area contributed by atoms with Crippen LogP contribution in [0.25, 0.3) is 0 Å². The third kappa shape index (κ3) is 4.98. The van der Waals surface area contributed by atoms with Crippen molar-refractivity contribution < 1.29 is 9.53 Å². The van der Waals surface area contributed by atoms with Gasteiger partial charge in [-0.15, -0.1) is 24.8 Å². The Kier molecular flexibility index (Phi) is 8.77. The number of piperidine rings is 1. The van der Waals surface area contributed by atoms with E-state index in [0.717, 1.165) is 71.3 Å². The minimum absolute atomic E-state index is 0. The zero-order valence-corrected chi connectivity index (χ0v) is 16.4. The topological polar surface area (TPSA) is 58.8 Å². The summed E-state index contributed by atoms with van der Waals surface area (Å²) in [5, 5.41) is 0. The molecule has 5 nitrogen and oxygen atoms in total. The van der Waals surface area contributed by atoms with Crippen molar-refractivity contribution >= 4 is 30.7 Å². The van der Waals surface area contributed by atoms with E-state index in [9.17, 15) is 4.79 Å². The molecule has 2 N–H and O–H groups in total. The molecule has 1 saturated carbocycles. The second kappa shape index (κ2) is 9.58. The van der Waals surface area contributed by atoms with E-state index in [4.69, 9.17) is 10.5 Å². The first kappa shape index (κ1) is 22.0. The Balaban J connectivity index is 0.00000144. The van der Waals surface area contributed by atoms with Crippen LogP contribution >= 0.6 is 24.8 Å². The van der Waals surface area contributed by atoms with Crippen LogP contribution in [0.1, 0.15) is 51.9 Å². The number of nitrogens with two attached hydrogens (primary N) is 1. The summed E-state index contributed by atoms with van der Waals surface area (Å²) in [7, 11) is 0. The molecule has 1 aliphatic carbocycles. The Labute approximate surface area is 158 Å². The molecule has 2 aliphatic heterocycles. The highest BCUT2D eigenvalue weighted by molar-refractivity contribution is 5.86. The summed E-state index contributed by atoms with van der Waals surface area (Å²) in [6, 6.07) is 0.607. The number of ether oxygens (including phenoxy) is 1. The highest BCUT2D eigenvalue weighted by Crippen LogP contribution is 2.29. The standard InChI is InChI=1S/C17H31N3O2.2ClH/c1-14-13-20(11-12-22-14)15-5-9-19(10-6-15)16(21)17(18)7-3-2-4-8-17;;/h14-15H,2-13,18H2,1H3;2*1H. The van der Waals surface area contributed by atoms with Crippen LogP contribution in [0.2, 0.25) is 0 Å². The van der Waals surface area contributed by atoms with Crippen molar-refractivity contribution in [3.63, 3.8) is 0 Å². The largest absolute Gasteiger partial charge is 0.376 e. The van der Waals surface area contributed by atoms with E-state index in [-0.39, 0.29) is 30.7 Å². The van der Waals surface area contributed by atoms with Gasteiger partial charge >= 0.3 is 0 Å². The van der Waals surface area contributed by atoms with Gasteiger partial charge in [0, 0.05) is 32.2 Å². The van der Waals surface area contributed by atoms with E-state index in [0.29, 0.717) is 12.1 Å². The fourth-order valence-electron chi connectivity index (χ4n) is 4.32. The smallest absolute Gasteiger partial charge is 0.242 e. The first-order valence-electron chi connectivity index (χ1n) is 9.02. The number of hydrogen-bond acceptors (Lipinski definition) is 4. The van der Waals surface area contributed by atoms with Crippen molar-refractivity contribution in [1.29, 1.82) is 0 Å². The molecule has 1 atom stereocenters. The fraction of sp³-hybridized carbons (Fsp3) is 0.941. The normalized spacial score (nSPS) is 28.6. The van der Waals surface area contributed by atoms with Crippen molar-refractivity contribution in [2.75, 3.05) is 32.8 Å². The van der Waals surface area contributed by atoms with E-state index in [1.165, 1.54) is 6.42 Å². The number of nitrogens with zero attached hydrogens (tertiary/aromatic N) is 2. The molecule has 3 aliphatic rings. The van der Waals surface area contributed by atoms with Gasteiger partial charge in [-0.2, -0.15) is 0 Å². The number of hydrogen-bond donors (Lipinski definition) is 1. The van der Waals surface area contributed by atoms with E-state index < -0.39 is 5.54 Å². The quantitative estimate of drug-likeness (QED) is 0.796. The Bertz CT molecular complexity index is 397. The molecule has 0 bridgehead atoms. The molecule has 1 amide bonds. The molecule has 0 spiro atoms. The molecule has 3 fully saturated rings. The molecule has 0 radical (unpaired) electrons. The summed E-state index contributed by atoms with van der Waals surface area (Å²) in [6.45, 7) is 6.78. The van der Waals surface area contributed by atoms with Crippen LogP contribution in [0.5, 0.6) is 0 Å². The number of halogens is 2. The molecular weight excluding hydrogens is 349 g/mol. The van der Waals surface area contributed by atoms with E-state index in [1.54, 1.807) is 0 Å². The molecule has 3 rings (SSSR count). The maximum Gasteiger partial charge on any atom is 0.242 e. The first-order valence-corrected chi connectivity index (χ1v) is 9.02. The van der Waals surface area contributed by atoms with Gasteiger partial charge in [0.2, 0.25) is 5.91 Å². The second-order valence-electron chi connectivity index (χ2n) is 7.42. The Morgan fingerprint density at radius 2 is 1.71 bits per heavy atom. The Morgan fingerprint density at radius 1 is 1.08 bits per heavy atom. The predicted molar refractivity (Wildman–Crippen MR) is 101 cm³/mol. The van der Waals surface area contributed by atoms with Crippen molar-refractivity contribution in [3.05, 3.63) is 0 Å². The zero-order chi connectivity index (χ0) is 15.6. The van der Waals surface area contributed by atoms with Gasteiger partial charge < -0.3 is 15.4 Å². The fourth-order valence-corrected chi connectivity index (χ4v) is 4.32. The lowest BCUT2D eigenvalue weighted by atomic mass is 9.81. The maximum absolute atomic E-state index is 12.8. The van der Waals surface area contributed by atoms with Crippen LogP contribution < -0.4 is 5.73 Å². The van der Waals surface area contributed by atoms with Crippen molar-refractivity contribution in [2.24, 2.45) is 5.73 Å². The molecule has 0 aromatic carbocycles. The minimum atomic E-state index is -0.571. The van der Waals surface area contributed by atoms with Crippen LogP contribution in [0, 0.1) is 0 Å². The molecule has 7 heteroatoms. The molecule has 2 saturated heterocycles. The maximum atomic E-state index is 12.8. The third-order valence-electron chi connectivity index (χ3n) is 5.71. The van der Waals surface area contributed by atoms with Crippen LogP contribution in [0.3, 0.4) is 0 Å². The third-order valence-corrected chi connectivity index (χ3v) is 5.71. The highest BCUT2D eigenvalue weighted by atomic mass is 35.5. The highest BCUT2D eigenvalue weighted by Gasteiger charge is 2.40. The molecule has 2 heterocycles. The molecule has 24 heavy (non-hydrogen) atoms. The summed E-state index contributed by atoms with van der Waals surface area (Å²) in [5.74, 6) is 0.209. The van der Waals surface area contributed by atoms with Crippen LogP contribution in [0.4, 0.5) is 0 Å². The summed E-state index contributed by atoms with van der Waals surface area (Å²) in [5.41, 5.74) is 5.84. The van der Waals surface area contributed by atoms with Crippen molar-refractivity contribution in [1.82, 2.24) is 9.80 Å². The average Bonchev–Trinajstić information content (AvgIpc) is 2.55. The van der Waals surface area contributed by atoms with Crippen molar-refractivity contribution in [3.8, 4) is 0 Å². The zero-order valence-electron chi connectivity index (χ0n) is 14.7. The minimum Gasteiger partial charge on any atom is -0.376 e. The van der Waals surface area contributed by atoms with Gasteiger partial charge in [0.25, 0.3) is 0 Å². The number of rotatable bonds is 2. The second-order valence-corrected chi connectivity index (χ2v) is 7.42. The molecule has 0 aromatic heterocycles. The first-order chi connectivity index (χ1) is 10.6. The number of morpholine rings is 1. The number of carbonyl (C=O) groups excluding carboxylic acids is 1. The lowest BCUT2D eigenvalue weighted by molar-refractivity contribution is -0.140. The summed E-state index contributed by atoms with van der Waals surface area (Å²) in [6.07, 6.45) is 7.66. The molecular formula is C17H33Cl2N3O2. The number of amides is 1. The van der Waals surface area contributed by atoms with Crippen LogP contribution in [-0.4, -0.2) is 66.2 Å². The average molecular weight is 382 g/mol.